The van der Waals surface area contributed by atoms with E-state index in [1.165, 1.54) is 6.07 Å². The van der Waals surface area contributed by atoms with Crippen LogP contribution in [0, 0.1) is 11.8 Å². The molecule has 1 fully saturated rings. The Morgan fingerprint density at radius 1 is 1.14 bits per heavy atom. The quantitative estimate of drug-likeness (QED) is 0.342. The van der Waals surface area contributed by atoms with E-state index in [0.717, 1.165) is 35.9 Å². The normalized spacial score (nSPS) is 29.2. The molecule has 2 aromatic rings. The number of hydrogen-bond acceptors (Lipinski definition) is 8. The highest BCUT2D eigenvalue weighted by atomic mass is 79.9. The minimum Gasteiger partial charge on any atom is -0.493 e. The molecule has 0 unspecified atom stereocenters. The number of fused-ring (bicyclic) bond motifs is 4. The molecule has 1 N–H and O–H groups in total. The van der Waals surface area contributed by atoms with E-state index in [9.17, 15) is 13.2 Å². The summed E-state index contributed by atoms with van der Waals surface area (Å²) < 4.78 is 53.9. The molecule has 0 aromatic heterocycles. The van der Waals surface area contributed by atoms with Crippen LogP contribution in [0.5, 0.6) is 11.5 Å². The lowest BCUT2D eigenvalue weighted by Crippen LogP contribution is -2.50. The van der Waals surface area contributed by atoms with Crippen molar-refractivity contribution in [3.63, 3.8) is 0 Å². The van der Waals surface area contributed by atoms with E-state index in [-0.39, 0.29) is 23.5 Å². The summed E-state index contributed by atoms with van der Waals surface area (Å²) in [6, 6.07) is 10.5. The number of nitrogens with zero attached hydrogens (tertiary/aromatic N) is 1. The van der Waals surface area contributed by atoms with Crippen LogP contribution >= 0.6 is 27.5 Å². The van der Waals surface area contributed by atoms with Crippen LogP contribution in [0.25, 0.3) is 0 Å². The number of sulfonamides is 1. The van der Waals surface area contributed by atoms with Crippen molar-refractivity contribution >= 4 is 49.1 Å². The summed E-state index contributed by atoms with van der Waals surface area (Å²) >= 11 is 9.82. The van der Waals surface area contributed by atoms with Crippen LogP contribution in [0.1, 0.15) is 38.7 Å². The first-order valence-electron chi connectivity index (χ1n) is 15.0. The number of nitrogens with one attached hydrogen (secondary N) is 1. The maximum atomic E-state index is 13.5. The molecule has 4 atom stereocenters. The van der Waals surface area contributed by atoms with Crippen molar-refractivity contribution in [2.45, 2.75) is 55.1 Å². The summed E-state index contributed by atoms with van der Waals surface area (Å²) in [5.74, 6) is 1.17. The molecule has 0 saturated heterocycles. The van der Waals surface area contributed by atoms with E-state index in [1.54, 1.807) is 26.0 Å². The monoisotopic (exact) mass is 708 g/mol. The summed E-state index contributed by atoms with van der Waals surface area (Å²) in [5, 5.41) is 1.33. The Balaban J connectivity index is 1.43. The number of ether oxygens (including phenoxy) is 4. The molecule has 2 aromatic carbocycles. The zero-order valence-electron chi connectivity index (χ0n) is 24.9. The molecule has 3 heterocycles. The molecule has 1 spiro atoms. The Bertz CT molecular complexity index is 1550. The molecule has 1 saturated carbocycles. The molecule has 4 aliphatic rings. The fraction of sp³-hybridized carbons (Fsp3) is 0.531. The minimum absolute atomic E-state index is 0.0141. The second kappa shape index (κ2) is 12.5. The first-order chi connectivity index (χ1) is 21.0. The maximum absolute atomic E-state index is 13.5. The van der Waals surface area contributed by atoms with Gasteiger partial charge in [-0.05, 0) is 75.3 Å². The highest BCUT2D eigenvalue weighted by molar-refractivity contribution is 9.09. The van der Waals surface area contributed by atoms with Gasteiger partial charge in [0.2, 0.25) is 0 Å². The standard InChI is InChI=1S/C32H38BrClN2O7S/c1-31(2)30(37)35-44(38,39)23-7-10-28-26(17-23)36(18-21-5-8-24(21)27(41-15-12-33)4-3-13-43-31)19-32(20-42-28)11-14-40-29-16-22(34)6-9-25(29)32/h3-4,6-7,9-10,16-17,21,24,27H,5,8,11-15,18-20H2,1-2H3,(H,35,37)/t21-,24+,27-,32-/m0/s1. The van der Waals surface area contributed by atoms with Crippen LogP contribution in [0.4, 0.5) is 5.69 Å². The predicted molar refractivity (Wildman–Crippen MR) is 172 cm³/mol. The van der Waals surface area contributed by atoms with E-state index < -0.39 is 26.9 Å². The highest BCUT2D eigenvalue weighted by Gasteiger charge is 2.45. The first-order valence-corrected chi connectivity index (χ1v) is 18.0. The Morgan fingerprint density at radius 2 is 1.98 bits per heavy atom. The Labute approximate surface area is 272 Å². The molecular formula is C32H38BrClN2O7S. The molecule has 6 rings (SSSR count). The lowest BCUT2D eigenvalue weighted by molar-refractivity contribution is -0.139. The SMILES string of the molecule is CC1(C)OCC=C[C@H](OCCBr)[C@@H]2CC[C@H]2CN2C[C@@]3(CCOc4cc(Cl)ccc43)COc3ccc(cc32)S(=O)(=O)NC1=O. The van der Waals surface area contributed by atoms with Crippen molar-refractivity contribution in [2.75, 3.05) is 49.7 Å². The van der Waals surface area contributed by atoms with E-state index in [1.807, 2.05) is 30.4 Å². The maximum Gasteiger partial charge on any atom is 0.265 e. The van der Waals surface area contributed by atoms with Crippen molar-refractivity contribution in [3.05, 3.63) is 59.1 Å². The molecule has 2 bridgehead atoms. The van der Waals surface area contributed by atoms with Gasteiger partial charge in [0.05, 0.1) is 48.5 Å². The molecule has 9 nitrogen and oxygen atoms in total. The van der Waals surface area contributed by atoms with Gasteiger partial charge in [0.25, 0.3) is 15.9 Å². The fourth-order valence-electron chi connectivity index (χ4n) is 6.62. The minimum atomic E-state index is -4.20. The van der Waals surface area contributed by atoms with Crippen molar-refractivity contribution in [3.8, 4) is 11.5 Å². The van der Waals surface area contributed by atoms with Gasteiger partial charge in [0.1, 0.15) is 17.1 Å². The van der Waals surface area contributed by atoms with Crippen LogP contribution < -0.4 is 19.1 Å². The third kappa shape index (κ3) is 6.23. The summed E-state index contributed by atoms with van der Waals surface area (Å²) in [7, 11) is -4.20. The number of benzene rings is 2. The van der Waals surface area contributed by atoms with E-state index >= 15 is 0 Å². The van der Waals surface area contributed by atoms with E-state index in [4.69, 9.17) is 30.5 Å². The van der Waals surface area contributed by atoms with Crippen LogP contribution in [0.3, 0.4) is 0 Å². The molecule has 12 heteroatoms. The van der Waals surface area contributed by atoms with Crippen LogP contribution in [0.15, 0.2) is 53.4 Å². The fourth-order valence-corrected chi connectivity index (χ4v) is 8.09. The van der Waals surface area contributed by atoms with Gasteiger partial charge in [0, 0.05) is 29.0 Å². The predicted octanol–water partition coefficient (Wildman–Crippen LogP) is 5.24. The number of amides is 1. The van der Waals surface area contributed by atoms with Gasteiger partial charge in [-0.25, -0.2) is 13.1 Å². The van der Waals surface area contributed by atoms with Gasteiger partial charge in [-0.15, -0.1) is 0 Å². The Morgan fingerprint density at radius 3 is 2.75 bits per heavy atom. The zero-order chi connectivity index (χ0) is 31.1. The van der Waals surface area contributed by atoms with Crippen molar-refractivity contribution in [2.24, 2.45) is 11.8 Å². The molecule has 238 valence electrons. The third-order valence-corrected chi connectivity index (χ3v) is 11.2. The molecule has 1 amide bonds. The lowest BCUT2D eigenvalue weighted by atomic mass is 9.69. The zero-order valence-corrected chi connectivity index (χ0v) is 28.0. The summed E-state index contributed by atoms with van der Waals surface area (Å²) in [5.41, 5.74) is -0.0767. The van der Waals surface area contributed by atoms with Gasteiger partial charge >= 0.3 is 0 Å². The molecule has 0 radical (unpaired) electrons. The van der Waals surface area contributed by atoms with Gasteiger partial charge in [-0.1, -0.05) is 45.7 Å². The molecule has 1 aliphatic carbocycles. The average Bonchev–Trinajstić information content (AvgIpc) is 3.12. The largest absolute Gasteiger partial charge is 0.493 e. The molecule has 44 heavy (non-hydrogen) atoms. The van der Waals surface area contributed by atoms with Gasteiger partial charge in [0.15, 0.2) is 0 Å². The number of rotatable bonds is 3. The van der Waals surface area contributed by atoms with Crippen LogP contribution in [0.2, 0.25) is 5.02 Å². The summed E-state index contributed by atoms with van der Waals surface area (Å²) in [6.07, 6.45) is 6.55. The molecule has 3 aliphatic heterocycles. The van der Waals surface area contributed by atoms with Crippen molar-refractivity contribution in [1.82, 2.24) is 4.72 Å². The number of anilines is 1. The van der Waals surface area contributed by atoms with Gasteiger partial charge in [-0.2, -0.15) is 0 Å². The number of hydrogen-bond donors (Lipinski definition) is 1. The summed E-state index contributed by atoms with van der Waals surface area (Å²) in [6.45, 7) is 6.02. The Hall–Kier alpha value is -2.31. The number of carbonyl (C=O) groups is 1. The Kier molecular flexibility index (Phi) is 8.98. The van der Waals surface area contributed by atoms with Gasteiger partial charge in [-0.3, -0.25) is 4.79 Å². The number of halogens is 2. The van der Waals surface area contributed by atoms with Gasteiger partial charge < -0.3 is 23.8 Å². The van der Waals surface area contributed by atoms with E-state index in [0.29, 0.717) is 55.3 Å². The second-order valence-corrected chi connectivity index (χ2v) is 15.4. The molecular weight excluding hydrogens is 672 g/mol. The number of carbonyl (C=O) groups excluding carboxylic acids is 1. The van der Waals surface area contributed by atoms with Crippen LogP contribution in [-0.4, -0.2) is 70.9 Å². The lowest BCUT2D eigenvalue weighted by Gasteiger charge is -2.46. The van der Waals surface area contributed by atoms with Crippen molar-refractivity contribution in [1.29, 1.82) is 0 Å². The van der Waals surface area contributed by atoms with Crippen LogP contribution in [-0.2, 0) is 29.7 Å². The third-order valence-electron chi connectivity index (χ3n) is 9.31. The number of alkyl halides is 1. The second-order valence-electron chi connectivity index (χ2n) is 12.5. The summed E-state index contributed by atoms with van der Waals surface area (Å²) in [4.78, 5) is 15.4. The smallest absolute Gasteiger partial charge is 0.265 e. The van der Waals surface area contributed by atoms with E-state index in [2.05, 4.69) is 25.6 Å². The van der Waals surface area contributed by atoms with Crippen molar-refractivity contribution < 1.29 is 32.2 Å². The topological polar surface area (TPSA) is 103 Å². The highest BCUT2D eigenvalue weighted by Crippen LogP contribution is 2.47. The average molecular weight is 710 g/mol. The first kappa shape index (κ1) is 31.7.